The maximum Gasteiger partial charge on any atom is 0.246 e. The van der Waals surface area contributed by atoms with Crippen molar-refractivity contribution in [1.29, 1.82) is 0 Å². The number of sulfonamides is 1. The van der Waals surface area contributed by atoms with Crippen molar-refractivity contribution in [1.82, 2.24) is 14.9 Å². The van der Waals surface area contributed by atoms with Gasteiger partial charge in [0.05, 0.1) is 6.20 Å². The van der Waals surface area contributed by atoms with E-state index in [-0.39, 0.29) is 16.8 Å². The highest BCUT2D eigenvalue weighted by Gasteiger charge is 2.22. The number of hydrogen-bond donors (Lipinski definition) is 3. The molecule has 1 unspecified atom stereocenters. The number of nitrogens with one attached hydrogen (secondary N) is 2. The normalized spacial score (nSPS) is 13.7. The largest absolute Gasteiger partial charge is 0.383 e. The zero-order valence-corrected chi connectivity index (χ0v) is 10.7. The third-order valence-electron chi connectivity index (χ3n) is 2.30. The summed E-state index contributed by atoms with van der Waals surface area (Å²) in [6, 6.07) is 1.57. The predicted molar refractivity (Wildman–Crippen MR) is 66.1 cm³/mol. The fourth-order valence-corrected chi connectivity index (χ4v) is 3.39. The summed E-state index contributed by atoms with van der Waals surface area (Å²) in [4.78, 5) is -0.0282. The molecule has 4 N–H and O–H groups in total. The summed E-state index contributed by atoms with van der Waals surface area (Å²) in [5.41, 5.74) is 6.40. The van der Waals surface area contributed by atoms with Crippen LogP contribution in [0.1, 0.15) is 18.5 Å². The zero-order valence-electron chi connectivity index (χ0n) is 9.04. The maximum absolute atomic E-state index is 12.0. The lowest BCUT2D eigenvalue weighted by Crippen LogP contribution is -2.26. The molecule has 0 aliphatic rings. The van der Waals surface area contributed by atoms with Gasteiger partial charge in [-0.25, -0.2) is 13.1 Å². The van der Waals surface area contributed by atoms with Crippen LogP contribution in [0.25, 0.3) is 0 Å². The van der Waals surface area contributed by atoms with Crippen molar-refractivity contribution in [3.63, 3.8) is 0 Å². The van der Waals surface area contributed by atoms with Crippen LogP contribution in [0.15, 0.2) is 27.9 Å². The summed E-state index contributed by atoms with van der Waals surface area (Å²) in [6.07, 6.45) is 1.19. The molecule has 2 rings (SSSR count). The molecule has 2 heterocycles. The Morgan fingerprint density at radius 2 is 2.35 bits per heavy atom. The van der Waals surface area contributed by atoms with Crippen molar-refractivity contribution in [2.45, 2.75) is 17.9 Å². The second kappa shape index (κ2) is 4.47. The molecule has 0 saturated carbocycles. The Morgan fingerprint density at radius 3 is 2.88 bits per heavy atom. The van der Waals surface area contributed by atoms with E-state index in [4.69, 9.17) is 5.73 Å². The molecular weight excluding hydrogens is 260 g/mol. The second-order valence-corrected chi connectivity index (χ2v) is 6.01. The van der Waals surface area contributed by atoms with Crippen molar-refractivity contribution in [2.24, 2.45) is 0 Å². The Balaban J connectivity index is 2.22. The summed E-state index contributed by atoms with van der Waals surface area (Å²) in [6.45, 7) is 1.77. The first-order valence-corrected chi connectivity index (χ1v) is 7.26. The maximum atomic E-state index is 12.0. The van der Waals surface area contributed by atoms with E-state index in [0.29, 0.717) is 0 Å². The summed E-state index contributed by atoms with van der Waals surface area (Å²) in [5, 5.41) is 9.77. The molecule has 0 bridgehead atoms. The number of hydrogen-bond acceptors (Lipinski definition) is 5. The van der Waals surface area contributed by atoms with Crippen LogP contribution in [-0.2, 0) is 10.0 Å². The van der Waals surface area contributed by atoms with E-state index in [9.17, 15) is 8.42 Å². The molecule has 0 aliphatic heterocycles. The average molecular weight is 272 g/mol. The minimum atomic E-state index is -3.64. The van der Waals surface area contributed by atoms with Crippen LogP contribution in [0.4, 0.5) is 5.82 Å². The third-order valence-corrected chi connectivity index (χ3v) is 4.57. The number of nitrogen functional groups attached to an aromatic ring is 1. The Bertz CT molecular complexity index is 588. The molecule has 0 fully saturated rings. The average Bonchev–Trinajstić information content (AvgIpc) is 2.85. The van der Waals surface area contributed by atoms with Crippen molar-refractivity contribution in [3.05, 3.63) is 28.6 Å². The van der Waals surface area contributed by atoms with Gasteiger partial charge in [0.15, 0.2) is 0 Å². The van der Waals surface area contributed by atoms with Crippen LogP contribution in [0, 0.1) is 0 Å². The first kappa shape index (κ1) is 12.1. The van der Waals surface area contributed by atoms with Gasteiger partial charge in [0.2, 0.25) is 10.0 Å². The van der Waals surface area contributed by atoms with Crippen molar-refractivity contribution in [2.75, 3.05) is 5.73 Å². The molecule has 2 aromatic heterocycles. The fourth-order valence-electron chi connectivity index (χ4n) is 1.38. The van der Waals surface area contributed by atoms with Gasteiger partial charge in [0, 0.05) is 6.04 Å². The number of aromatic nitrogens is 2. The third kappa shape index (κ3) is 2.48. The molecule has 8 heteroatoms. The van der Waals surface area contributed by atoms with E-state index in [1.54, 1.807) is 6.92 Å². The summed E-state index contributed by atoms with van der Waals surface area (Å²) in [5.74, 6) is 0.0371. The number of thiophene rings is 1. The van der Waals surface area contributed by atoms with Gasteiger partial charge in [0.1, 0.15) is 10.7 Å². The highest BCUT2D eigenvalue weighted by molar-refractivity contribution is 7.89. The number of rotatable bonds is 4. The van der Waals surface area contributed by atoms with E-state index >= 15 is 0 Å². The Hall–Kier alpha value is -1.38. The fraction of sp³-hybridized carbons (Fsp3) is 0.222. The van der Waals surface area contributed by atoms with Gasteiger partial charge in [-0.05, 0) is 29.3 Å². The SMILES string of the molecule is CC(NS(=O)(=O)c1cn[nH]c1N)c1ccsc1. The standard InChI is InChI=1S/C9H12N4O2S2/c1-6(7-2-3-16-5-7)13-17(14,15)8-4-11-12-9(8)10/h2-6,13H,1H3,(H3,10,11,12). The molecule has 0 aromatic carbocycles. The molecule has 0 amide bonds. The number of H-pyrrole nitrogens is 1. The number of nitrogens with two attached hydrogens (primary N) is 1. The smallest absolute Gasteiger partial charge is 0.246 e. The quantitative estimate of drug-likeness (QED) is 0.775. The topological polar surface area (TPSA) is 101 Å². The molecule has 92 valence electrons. The number of anilines is 1. The van der Waals surface area contributed by atoms with Crippen LogP contribution in [-0.4, -0.2) is 18.6 Å². The van der Waals surface area contributed by atoms with Gasteiger partial charge in [-0.15, -0.1) is 0 Å². The van der Waals surface area contributed by atoms with E-state index in [0.717, 1.165) is 5.56 Å². The monoisotopic (exact) mass is 272 g/mol. The zero-order chi connectivity index (χ0) is 12.5. The van der Waals surface area contributed by atoms with E-state index < -0.39 is 10.0 Å². The summed E-state index contributed by atoms with van der Waals surface area (Å²) in [7, 11) is -3.64. The van der Waals surface area contributed by atoms with Crippen molar-refractivity contribution >= 4 is 27.2 Å². The van der Waals surface area contributed by atoms with Crippen LogP contribution in [0.2, 0.25) is 0 Å². The molecule has 0 spiro atoms. The Morgan fingerprint density at radius 1 is 1.59 bits per heavy atom. The van der Waals surface area contributed by atoms with Crippen LogP contribution in [0.5, 0.6) is 0 Å². The van der Waals surface area contributed by atoms with Crippen LogP contribution < -0.4 is 10.5 Å². The molecular formula is C9H12N4O2S2. The van der Waals surface area contributed by atoms with Gasteiger partial charge >= 0.3 is 0 Å². The molecule has 0 aliphatic carbocycles. The van der Waals surface area contributed by atoms with Crippen LogP contribution >= 0.6 is 11.3 Å². The lowest BCUT2D eigenvalue weighted by atomic mass is 10.2. The summed E-state index contributed by atoms with van der Waals surface area (Å²) < 4.78 is 26.5. The van der Waals surface area contributed by atoms with Gasteiger partial charge in [0.25, 0.3) is 0 Å². The second-order valence-electron chi connectivity index (χ2n) is 3.55. The molecule has 1 atom stereocenters. The minimum absolute atomic E-state index is 0.0282. The van der Waals surface area contributed by atoms with E-state index in [1.165, 1.54) is 17.5 Å². The predicted octanol–water partition coefficient (Wildman–Crippen LogP) is 1.09. The lowest BCUT2D eigenvalue weighted by molar-refractivity contribution is 0.567. The van der Waals surface area contributed by atoms with E-state index in [1.807, 2.05) is 16.8 Å². The van der Waals surface area contributed by atoms with Crippen LogP contribution in [0.3, 0.4) is 0 Å². The van der Waals surface area contributed by atoms with Gasteiger partial charge in [-0.2, -0.15) is 16.4 Å². The van der Waals surface area contributed by atoms with Crippen molar-refractivity contribution < 1.29 is 8.42 Å². The first-order valence-electron chi connectivity index (χ1n) is 4.84. The number of nitrogens with zero attached hydrogens (tertiary/aromatic N) is 1. The molecule has 0 saturated heterocycles. The highest BCUT2D eigenvalue weighted by atomic mass is 32.2. The van der Waals surface area contributed by atoms with Gasteiger partial charge in [-0.1, -0.05) is 0 Å². The van der Waals surface area contributed by atoms with Gasteiger partial charge < -0.3 is 5.73 Å². The van der Waals surface area contributed by atoms with E-state index in [2.05, 4.69) is 14.9 Å². The minimum Gasteiger partial charge on any atom is -0.383 e. The Kier molecular flexibility index (Phi) is 3.18. The molecule has 17 heavy (non-hydrogen) atoms. The molecule has 0 radical (unpaired) electrons. The van der Waals surface area contributed by atoms with Gasteiger partial charge in [-0.3, -0.25) is 5.10 Å². The highest BCUT2D eigenvalue weighted by Crippen LogP contribution is 2.20. The molecule has 6 nitrogen and oxygen atoms in total. The molecule has 2 aromatic rings. The first-order chi connectivity index (χ1) is 8.00. The van der Waals surface area contributed by atoms with Crippen molar-refractivity contribution in [3.8, 4) is 0 Å². The number of aromatic amines is 1. The lowest BCUT2D eigenvalue weighted by Gasteiger charge is -2.12. The summed E-state index contributed by atoms with van der Waals surface area (Å²) >= 11 is 1.52. The Labute approximate surface area is 103 Å².